The smallest absolute Gasteiger partial charge is 0.255 e. The molecule has 0 saturated heterocycles. The fraction of sp³-hybridized carbons (Fsp3) is 0.435. The second-order valence-electron chi connectivity index (χ2n) is 7.50. The molecule has 0 unspecified atom stereocenters. The first kappa shape index (κ1) is 23.1. The van der Waals surface area contributed by atoms with Crippen LogP contribution in [0.3, 0.4) is 0 Å². The van der Waals surface area contributed by atoms with Crippen molar-refractivity contribution in [3.8, 4) is 17.2 Å². The van der Waals surface area contributed by atoms with E-state index in [0.29, 0.717) is 48.3 Å². The van der Waals surface area contributed by atoms with Crippen molar-refractivity contribution in [2.75, 3.05) is 25.1 Å². The van der Waals surface area contributed by atoms with Crippen molar-refractivity contribution in [2.45, 2.75) is 47.0 Å². The Labute approximate surface area is 181 Å². The highest BCUT2D eigenvalue weighted by molar-refractivity contribution is 9.10. The summed E-state index contributed by atoms with van der Waals surface area (Å²) in [4.78, 5) is 12.9. The van der Waals surface area contributed by atoms with Gasteiger partial charge >= 0.3 is 0 Å². The van der Waals surface area contributed by atoms with Crippen LogP contribution in [0, 0.1) is 0 Å². The van der Waals surface area contributed by atoms with Gasteiger partial charge in [-0.15, -0.1) is 0 Å². The normalized spacial score (nSPS) is 11.1. The number of nitrogens with one attached hydrogen (secondary N) is 1. The molecule has 5 nitrogen and oxygen atoms in total. The molecular formula is C23H30BrNO4. The number of halogens is 1. The van der Waals surface area contributed by atoms with Crippen LogP contribution in [0.2, 0.25) is 0 Å². The van der Waals surface area contributed by atoms with E-state index in [1.165, 1.54) is 5.56 Å². The van der Waals surface area contributed by atoms with E-state index in [2.05, 4.69) is 42.0 Å². The highest BCUT2D eigenvalue weighted by Crippen LogP contribution is 2.39. The van der Waals surface area contributed by atoms with Gasteiger partial charge in [-0.25, -0.2) is 0 Å². The molecule has 2 aromatic carbocycles. The zero-order chi connectivity index (χ0) is 21.6. The van der Waals surface area contributed by atoms with Gasteiger partial charge in [0.05, 0.1) is 25.5 Å². The van der Waals surface area contributed by atoms with Gasteiger partial charge in [0.2, 0.25) is 5.75 Å². The van der Waals surface area contributed by atoms with Crippen LogP contribution in [-0.4, -0.2) is 25.7 Å². The minimum atomic E-state index is -0.251. The van der Waals surface area contributed by atoms with E-state index in [1.807, 2.05) is 39.0 Å². The van der Waals surface area contributed by atoms with Crippen molar-refractivity contribution in [3.63, 3.8) is 0 Å². The molecule has 29 heavy (non-hydrogen) atoms. The fourth-order valence-electron chi connectivity index (χ4n) is 2.80. The number of carbonyl (C=O) groups excluding carboxylic acids is 1. The average Bonchev–Trinajstić information content (AvgIpc) is 2.65. The third kappa shape index (κ3) is 5.89. The molecule has 158 valence electrons. The van der Waals surface area contributed by atoms with Gasteiger partial charge in [-0.05, 0) is 71.9 Å². The molecule has 6 heteroatoms. The Morgan fingerprint density at radius 1 is 0.931 bits per heavy atom. The molecule has 1 N–H and O–H groups in total. The number of carbonyl (C=O) groups is 1. The molecule has 0 heterocycles. The third-order valence-electron chi connectivity index (χ3n) is 4.25. The Bertz CT molecular complexity index is 831. The van der Waals surface area contributed by atoms with Gasteiger partial charge in [0.15, 0.2) is 11.5 Å². The van der Waals surface area contributed by atoms with Crippen molar-refractivity contribution in [1.29, 1.82) is 0 Å². The first-order chi connectivity index (χ1) is 13.7. The van der Waals surface area contributed by atoms with E-state index in [1.54, 1.807) is 12.1 Å². The van der Waals surface area contributed by atoms with Crippen LogP contribution in [0.15, 0.2) is 34.8 Å². The lowest BCUT2D eigenvalue weighted by Crippen LogP contribution is -2.15. The lowest BCUT2D eigenvalue weighted by molar-refractivity contribution is 0.102. The second kappa shape index (κ2) is 10.0. The minimum Gasteiger partial charge on any atom is -0.490 e. The van der Waals surface area contributed by atoms with E-state index >= 15 is 0 Å². The fourth-order valence-corrected chi connectivity index (χ4v) is 3.28. The van der Waals surface area contributed by atoms with Crippen LogP contribution in [-0.2, 0) is 5.41 Å². The number of amides is 1. The number of rotatable bonds is 8. The number of benzene rings is 2. The van der Waals surface area contributed by atoms with Crippen LogP contribution < -0.4 is 19.5 Å². The number of hydrogen-bond donors (Lipinski definition) is 1. The molecule has 0 bridgehead atoms. The van der Waals surface area contributed by atoms with Gasteiger partial charge in [-0.2, -0.15) is 0 Å². The van der Waals surface area contributed by atoms with Gasteiger partial charge in [0.1, 0.15) is 0 Å². The topological polar surface area (TPSA) is 56.8 Å². The molecule has 0 spiro atoms. The van der Waals surface area contributed by atoms with Gasteiger partial charge in [0.25, 0.3) is 5.91 Å². The maximum absolute atomic E-state index is 12.9. The average molecular weight is 464 g/mol. The lowest BCUT2D eigenvalue weighted by atomic mass is 9.87. The van der Waals surface area contributed by atoms with Gasteiger partial charge < -0.3 is 19.5 Å². The van der Waals surface area contributed by atoms with E-state index in [-0.39, 0.29) is 11.3 Å². The standard InChI is InChI=1S/C23H30BrNO4/c1-7-27-19-12-15(13-20(28-8-2)21(19)29-9-3)22(26)25-18-11-10-16(14-17(18)24)23(4,5)6/h10-14H,7-9H2,1-6H3,(H,25,26). The van der Waals surface area contributed by atoms with Crippen molar-refractivity contribution in [2.24, 2.45) is 0 Å². The molecule has 0 aromatic heterocycles. The molecule has 0 aliphatic rings. The van der Waals surface area contributed by atoms with Gasteiger partial charge in [-0.1, -0.05) is 26.8 Å². The van der Waals surface area contributed by atoms with Crippen LogP contribution in [0.25, 0.3) is 0 Å². The van der Waals surface area contributed by atoms with Crippen LogP contribution in [0.4, 0.5) is 5.69 Å². The minimum absolute atomic E-state index is 0.0267. The summed E-state index contributed by atoms with van der Waals surface area (Å²) in [5.74, 6) is 1.25. The van der Waals surface area contributed by atoms with Crippen LogP contribution >= 0.6 is 15.9 Å². The maximum Gasteiger partial charge on any atom is 0.255 e. The summed E-state index contributed by atoms with van der Waals surface area (Å²) < 4.78 is 17.9. The molecule has 0 aliphatic heterocycles. The van der Waals surface area contributed by atoms with Crippen molar-refractivity contribution in [1.82, 2.24) is 0 Å². The number of hydrogen-bond acceptors (Lipinski definition) is 4. The number of anilines is 1. The summed E-state index contributed by atoms with van der Waals surface area (Å²) in [6, 6.07) is 9.33. The highest BCUT2D eigenvalue weighted by Gasteiger charge is 2.20. The summed E-state index contributed by atoms with van der Waals surface area (Å²) >= 11 is 3.57. The molecule has 2 rings (SSSR count). The molecule has 0 aliphatic carbocycles. The molecule has 0 radical (unpaired) electrons. The Morgan fingerprint density at radius 2 is 1.48 bits per heavy atom. The van der Waals surface area contributed by atoms with Crippen molar-refractivity contribution in [3.05, 3.63) is 45.9 Å². The zero-order valence-electron chi connectivity index (χ0n) is 18.0. The predicted molar refractivity (Wildman–Crippen MR) is 121 cm³/mol. The van der Waals surface area contributed by atoms with Crippen molar-refractivity contribution < 1.29 is 19.0 Å². The first-order valence-electron chi connectivity index (χ1n) is 9.89. The van der Waals surface area contributed by atoms with E-state index in [9.17, 15) is 4.79 Å². The summed E-state index contributed by atoms with van der Waals surface area (Å²) in [5, 5.41) is 2.96. The molecule has 1 amide bonds. The zero-order valence-corrected chi connectivity index (χ0v) is 19.6. The van der Waals surface area contributed by atoms with E-state index < -0.39 is 0 Å². The SMILES string of the molecule is CCOc1cc(C(=O)Nc2ccc(C(C)(C)C)cc2Br)cc(OCC)c1OCC. The summed E-state index contributed by atoms with van der Waals surface area (Å²) in [5.41, 5.74) is 2.35. The third-order valence-corrected chi connectivity index (χ3v) is 4.91. The largest absolute Gasteiger partial charge is 0.490 e. The Hall–Kier alpha value is -2.21. The highest BCUT2D eigenvalue weighted by atomic mass is 79.9. The lowest BCUT2D eigenvalue weighted by Gasteiger charge is -2.20. The quantitative estimate of drug-likeness (QED) is 0.506. The summed E-state index contributed by atoms with van der Waals surface area (Å²) in [6.45, 7) is 13.5. The maximum atomic E-state index is 12.9. The second-order valence-corrected chi connectivity index (χ2v) is 8.35. The Kier molecular flexibility index (Phi) is 7.96. The van der Waals surface area contributed by atoms with Crippen molar-refractivity contribution >= 4 is 27.5 Å². The van der Waals surface area contributed by atoms with Crippen LogP contribution in [0.5, 0.6) is 17.2 Å². The van der Waals surface area contributed by atoms with Crippen LogP contribution in [0.1, 0.15) is 57.5 Å². The Balaban J connectivity index is 2.37. The monoisotopic (exact) mass is 463 g/mol. The molecule has 0 saturated carbocycles. The molecular weight excluding hydrogens is 434 g/mol. The Morgan fingerprint density at radius 3 is 1.93 bits per heavy atom. The predicted octanol–water partition coefficient (Wildman–Crippen LogP) is 6.20. The first-order valence-corrected chi connectivity index (χ1v) is 10.7. The summed E-state index contributed by atoms with van der Waals surface area (Å²) in [7, 11) is 0. The van der Waals surface area contributed by atoms with E-state index in [0.717, 1.165) is 4.47 Å². The summed E-state index contributed by atoms with van der Waals surface area (Å²) in [6.07, 6.45) is 0. The van der Waals surface area contributed by atoms with Gasteiger partial charge in [0, 0.05) is 10.0 Å². The van der Waals surface area contributed by atoms with Gasteiger partial charge in [-0.3, -0.25) is 4.79 Å². The number of ether oxygens (including phenoxy) is 3. The molecule has 0 fully saturated rings. The molecule has 0 atom stereocenters. The molecule has 2 aromatic rings. The van der Waals surface area contributed by atoms with E-state index in [4.69, 9.17) is 14.2 Å².